The summed E-state index contributed by atoms with van der Waals surface area (Å²) < 4.78 is 15.3. The molecule has 0 aliphatic heterocycles. The fourth-order valence-electron chi connectivity index (χ4n) is 4.12. The zero-order valence-electron chi connectivity index (χ0n) is 15.8. The largest absolute Gasteiger partial charge is 0.356 e. The van der Waals surface area contributed by atoms with Crippen LogP contribution in [0.3, 0.4) is 0 Å². The second kappa shape index (κ2) is 6.80. The number of para-hydroxylation sites is 1. The zero-order valence-corrected chi connectivity index (χ0v) is 15.8. The van der Waals surface area contributed by atoms with Gasteiger partial charge in [-0.1, -0.05) is 12.1 Å². The molecule has 0 saturated heterocycles. The lowest BCUT2D eigenvalue weighted by Crippen LogP contribution is -2.31. The number of H-pyrrole nitrogens is 1. The van der Waals surface area contributed by atoms with E-state index in [-0.39, 0.29) is 17.8 Å². The summed E-state index contributed by atoms with van der Waals surface area (Å²) in [5.41, 5.74) is 4.06. The number of aromatic amines is 1. The number of aromatic nitrogens is 5. The fraction of sp³-hybridized carbons (Fsp3) is 0.238. The lowest BCUT2D eigenvalue weighted by atomic mass is 9.91. The van der Waals surface area contributed by atoms with Crippen molar-refractivity contribution in [2.24, 2.45) is 0 Å². The molecule has 1 amide bonds. The smallest absolute Gasteiger partial charge is 0.254 e. The molecule has 0 fully saturated rings. The van der Waals surface area contributed by atoms with Crippen LogP contribution in [0.5, 0.6) is 0 Å². The van der Waals surface area contributed by atoms with Crippen LogP contribution in [0.1, 0.15) is 46.3 Å². The van der Waals surface area contributed by atoms with Crippen molar-refractivity contribution in [1.29, 1.82) is 0 Å². The molecule has 5 rings (SSSR count). The van der Waals surface area contributed by atoms with Crippen molar-refractivity contribution in [1.82, 2.24) is 30.5 Å². The molecule has 1 atom stereocenters. The number of amides is 1. The summed E-state index contributed by atoms with van der Waals surface area (Å²) in [6.45, 7) is 1.78. The minimum atomic E-state index is -0.254. The molecule has 2 aromatic carbocycles. The van der Waals surface area contributed by atoms with E-state index in [2.05, 4.69) is 25.8 Å². The average Bonchev–Trinajstić information content (AvgIpc) is 3.32. The van der Waals surface area contributed by atoms with Gasteiger partial charge in [-0.2, -0.15) is 4.68 Å². The van der Waals surface area contributed by atoms with Crippen LogP contribution in [0.4, 0.5) is 4.39 Å². The summed E-state index contributed by atoms with van der Waals surface area (Å²) in [4.78, 5) is 16.5. The van der Waals surface area contributed by atoms with Gasteiger partial charge in [-0.05, 0) is 72.5 Å². The lowest BCUT2D eigenvalue weighted by molar-refractivity contribution is 0.0931. The number of fused-ring (bicyclic) bond motifs is 3. The molecule has 0 bridgehead atoms. The molecule has 1 aliphatic carbocycles. The number of hydrogen-bond donors (Lipinski definition) is 2. The van der Waals surface area contributed by atoms with Gasteiger partial charge in [0.25, 0.3) is 5.91 Å². The van der Waals surface area contributed by atoms with E-state index in [1.807, 2.05) is 18.2 Å². The summed E-state index contributed by atoms with van der Waals surface area (Å²) in [7, 11) is 0. The Morgan fingerprint density at radius 2 is 2.14 bits per heavy atom. The number of aryl methyl sites for hydroxylation is 2. The number of carbonyl (C=O) groups is 1. The van der Waals surface area contributed by atoms with Crippen LogP contribution in [-0.2, 0) is 6.42 Å². The van der Waals surface area contributed by atoms with Crippen molar-refractivity contribution < 1.29 is 9.18 Å². The van der Waals surface area contributed by atoms with E-state index >= 15 is 0 Å². The molecule has 2 heterocycles. The van der Waals surface area contributed by atoms with Crippen LogP contribution in [0, 0.1) is 12.7 Å². The molecule has 29 heavy (non-hydrogen) atoms. The molecule has 0 spiro atoms. The monoisotopic (exact) mass is 390 g/mol. The highest BCUT2D eigenvalue weighted by atomic mass is 19.1. The van der Waals surface area contributed by atoms with E-state index in [1.165, 1.54) is 6.07 Å². The van der Waals surface area contributed by atoms with Gasteiger partial charge in [0.1, 0.15) is 5.82 Å². The Balaban J connectivity index is 1.49. The Kier molecular flexibility index (Phi) is 4.12. The SMILES string of the molecule is Cc1nnnn1-c1ccccc1C(=O)N[C@H]1CCCc2c1[nH]c1ccc(F)cc21. The molecular weight excluding hydrogens is 371 g/mol. The van der Waals surface area contributed by atoms with E-state index in [9.17, 15) is 9.18 Å². The van der Waals surface area contributed by atoms with Crippen molar-refractivity contribution in [2.75, 3.05) is 0 Å². The van der Waals surface area contributed by atoms with Crippen LogP contribution >= 0.6 is 0 Å². The highest BCUT2D eigenvalue weighted by Crippen LogP contribution is 2.35. The minimum absolute atomic E-state index is 0.162. The van der Waals surface area contributed by atoms with Gasteiger partial charge < -0.3 is 10.3 Å². The highest BCUT2D eigenvalue weighted by molar-refractivity contribution is 5.98. The molecular formula is C21H19FN6O. The summed E-state index contributed by atoms with van der Waals surface area (Å²) in [5, 5.41) is 15.6. The van der Waals surface area contributed by atoms with Crippen LogP contribution < -0.4 is 5.32 Å². The predicted molar refractivity (Wildman–Crippen MR) is 105 cm³/mol. The number of hydrogen-bond acceptors (Lipinski definition) is 4. The molecule has 1 aliphatic rings. The molecule has 0 unspecified atom stereocenters. The summed E-state index contributed by atoms with van der Waals surface area (Å²) in [5.74, 6) is 0.150. The van der Waals surface area contributed by atoms with Gasteiger partial charge in [-0.25, -0.2) is 4.39 Å². The summed E-state index contributed by atoms with van der Waals surface area (Å²) >= 11 is 0. The first-order chi connectivity index (χ1) is 14.1. The molecule has 2 aromatic heterocycles. The van der Waals surface area contributed by atoms with Crippen molar-refractivity contribution in [3.8, 4) is 5.69 Å². The van der Waals surface area contributed by atoms with Crippen LogP contribution in [-0.4, -0.2) is 31.1 Å². The van der Waals surface area contributed by atoms with Gasteiger partial charge in [0.15, 0.2) is 5.82 Å². The number of nitrogens with zero attached hydrogens (tertiary/aromatic N) is 4. The molecule has 146 valence electrons. The quantitative estimate of drug-likeness (QED) is 0.561. The molecule has 8 heteroatoms. The van der Waals surface area contributed by atoms with E-state index < -0.39 is 0 Å². The number of benzene rings is 2. The van der Waals surface area contributed by atoms with Gasteiger partial charge in [0, 0.05) is 16.6 Å². The predicted octanol–water partition coefficient (Wildman–Crippen LogP) is 3.40. The molecule has 2 N–H and O–H groups in total. The van der Waals surface area contributed by atoms with Crippen LogP contribution in [0.2, 0.25) is 0 Å². The van der Waals surface area contributed by atoms with Crippen LogP contribution in [0.15, 0.2) is 42.5 Å². The second-order valence-corrected chi connectivity index (χ2v) is 7.28. The Hall–Kier alpha value is -3.55. The Morgan fingerprint density at radius 3 is 2.97 bits per heavy atom. The van der Waals surface area contributed by atoms with Gasteiger partial charge in [-0.15, -0.1) is 5.10 Å². The van der Waals surface area contributed by atoms with Crippen LogP contribution in [0.25, 0.3) is 16.6 Å². The van der Waals surface area contributed by atoms with E-state index in [0.717, 1.165) is 41.4 Å². The first-order valence-electron chi connectivity index (χ1n) is 9.57. The zero-order chi connectivity index (χ0) is 20.0. The number of halogens is 1. The van der Waals surface area contributed by atoms with E-state index in [4.69, 9.17) is 0 Å². The average molecular weight is 390 g/mol. The van der Waals surface area contributed by atoms with Crippen molar-refractivity contribution in [3.63, 3.8) is 0 Å². The molecule has 7 nitrogen and oxygen atoms in total. The molecule has 4 aromatic rings. The Labute approximate surface area is 165 Å². The Bertz CT molecular complexity index is 1230. The normalized spacial score (nSPS) is 16.0. The number of carbonyl (C=O) groups excluding carboxylic acids is 1. The highest BCUT2D eigenvalue weighted by Gasteiger charge is 2.27. The van der Waals surface area contributed by atoms with E-state index in [1.54, 1.807) is 29.8 Å². The maximum absolute atomic E-state index is 13.7. The number of nitrogens with one attached hydrogen (secondary N) is 2. The number of rotatable bonds is 3. The standard InChI is InChI=1S/C21H19FN6O/c1-12-25-26-27-28(12)19-8-3-2-5-15(19)21(29)24-18-7-4-6-14-16-11-13(22)9-10-17(16)23-20(14)18/h2-3,5,8-11,18,23H,4,6-7H2,1H3,(H,24,29)/t18-/m0/s1. The Morgan fingerprint density at radius 1 is 1.28 bits per heavy atom. The van der Waals surface area contributed by atoms with E-state index in [0.29, 0.717) is 17.1 Å². The third-order valence-corrected chi connectivity index (χ3v) is 5.48. The van der Waals surface area contributed by atoms with Gasteiger partial charge in [0.05, 0.1) is 17.3 Å². The third kappa shape index (κ3) is 2.97. The molecule has 0 saturated carbocycles. The topological polar surface area (TPSA) is 88.5 Å². The first kappa shape index (κ1) is 17.5. The lowest BCUT2D eigenvalue weighted by Gasteiger charge is -2.24. The third-order valence-electron chi connectivity index (χ3n) is 5.48. The molecule has 0 radical (unpaired) electrons. The van der Waals surface area contributed by atoms with Crippen molar-refractivity contribution in [3.05, 3.63) is 70.9 Å². The van der Waals surface area contributed by atoms with Gasteiger partial charge >= 0.3 is 0 Å². The summed E-state index contributed by atoms with van der Waals surface area (Å²) in [6.07, 6.45) is 2.61. The number of tetrazole rings is 1. The first-order valence-corrected chi connectivity index (χ1v) is 9.57. The van der Waals surface area contributed by atoms with Crippen molar-refractivity contribution >= 4 is 16.8 Å². The maximum atomic E-state index is 13.7. The van der Waals surface area contributed by atoms with Gasteiger partial charge in [0.2, 0.25) is 0 Å². The minimum Gasteiger partial charge on any atom is -0.356 e. The second-order valence-electron chi connectivity index (χ2n) is 7.28. The van der Waals surface area contributed by atoms with Gasteiger partial charge in [-0.3, -0.25) is 4.79 Å². The van der Waals surface area contributed by atoms with Crippen molar-refractivity contribution in [2.45, 2.75) is 32.2 Å². The fourth-order valence-corrected chi connectivity index (χ4v) is 4.12. The summed E-state index contributed by atoms with van der Waals surface area (Å²) in [6, 6.07) is 11.8. The maximum Gasteiger partial charge on any atom is 0.254 e.